The quantitative estimate of drug-likeness (QED) is 0.711. The molecule has 2 nitrogen and oxygen atoms in total. The van der Waals surface area contributed by atoms with E-state index >= 15 is 0 Å². The van der Waals surface area contributed by atoms with Gasteiger partial charge in [0.1, 0.15) is 5.60 Å². The smallest absolute Gasteiger partial charge is 0.189 e. The number of Topliss-reactive ketones (excluding diaryl/α,β-unsaturated/α-hetero) is 1. The molecule has 74 valence electrons. The van der Waals surface area contributed by atoms with Gasteiger partial charge in [-0.15, -0.1) is 0 Å². The molecule has 0 radical (unpaired) electrons. The van der Waals surface area contributed by atoms with E-state index in [2.05, 4.69) is 0 Å². The van der Waals surface area contributed by atoms with E-state index in [0.717, 1.165) is 24.8 Å². The molecule has 0 bridgehead atoms. The fourth-order valence-corrected chi connectivity index (χ4v) is 1.61. The van der Waals surface area contributed by atoms with Gasteiger partial charge in [-0.1, -0.05) is 12.5 Å². The van der Waals surface area contributed by atoms with Gasteiger partial charge >= 0.3 is 0 Å². The van der Waals surface area contributed by atoms with Crippen molar-refractivity contribution in [1.29, 1.82) is 0 Å². The molecule has 0 amide bonds. The maximum atomic E-state index is 11.7. The van der Waals surface area contributed by atoms with Crippen LogP contribution in [0.1, 0.15) is 46.0 Å². The monoisotopic (exact) mass is 182 g/mol. The molecule has 0 heterocycles. The van der Waals surface area contributed by atoms with Crippen molar-refractivity contribution in [3.63, 3.8) is 0 Å². The van der Waals surface area contributed by atoms with Gasteiger partial charge in [-0.2, -0.15) is 0 Å². The molecule has 0 aliphatic heterocycles. The first-order chi connectivity index (χ1) is 6.02. The van der Waals surface area contributed by atoms with Crippen LogP contribution in [0.25, 0.3) is 0 Å². The summed E-state index contributed by atoms with van der Waals surface area (Å²) < 4.78 is 0. The summed E-state index contributed by atoms with van der Waals surface area (Å²) in [5.74, 6) is -0.102. The third kappa shape index (κ3) is 2.96. The summed E-state index contributed by atoms with van der Waals surface area (Å²) in [5, 5.41) is 9.54. The number of aliphatic hydroxyl groups is 1. The number of carbonyl (C=O) groups is 1. The highest BCUT2D eigenvalue weighted by Gasteiger charge is 2.26. The van der Waals surface area contributed by atoms with Gasteiger partial charge in [0, 0.05) is 0 Å². The van der Waals surface area contributed by atoms with Crippen molar-refractivity contribution in [1.82, 2.24) is 0 Å². The molecule has 0 aromatic carbocycles. The van der Waals surface area contributed by atoms with Crippen molar-refractivity contribution < 1.29 is 9.90 Å². The molecule has 1 aliphatic rings. The Morgan fingerprint density at radius 3 is 2.69 bits per heavy atom. The number of hydrogen-bond donors (Lipinski definition) is 1. The van der Waals surface area contributed by atoms with Gasteiger partial charge in [0.25, 0.3) is 0 Å². The molecule has 0 saturated carbocycles. The predicted molar refractivity (Wildman–Crippen MR) is 52.5 cm³/mol. The van der Waals surface area contributed by atoms with Crippen molar-refractivity contribution in [3.05, 3.63) is 11.6 Å². The zero-order valence-corrected chi connectivity index (χ0v) is 8.47. The standard InChI is InChI=1S/C11H18O2/c1-11(2,13)10(12)9-7-5-3-4-6-8-9/h7,13H,3-6,8H2,1-2H3. The summed E-state index contributed by atoms with van der Waals surface area (Å²) in [4.78, 5) is 11.7. The zero-order valence-electron chi connectivity index (χ0n) is 8.47. The molecule has 1 rings (SSSR count). The molecular formula is C11H18O2. The Labute approximate surface area is 79.6 Å². The second-order valence-corrected chi connectivity index (χ2v) is 4.22. The molecule has 0 atom stereocenters. The third-order valence-electron chi connectivity index (χ3n) is 2.39. The van der Waals surface area contributed by atoms with Gasteiger partial charge < -0.3 is 5.11 Å². The Morgan fingerprint density at radius 2 is 2.08 bits per heavy atom. The van der Waals surface area contributed by atoms with Gasteiger partial charge in [-0.3, -0.25) is 4.79 Å². The minimum Gasteiger partial charge on any atom is -0.382 e. The number of ketones is 1. The summed E-state index contributed by atoms with van der Waals surface area (Å²) in [7, 11) is 0. The maximum Gasteiger partial charge on any atom is 0.189 e. The predicted octanol–water partition coefficient (Wildman–Crippen LogP) is 2.22. The van der Waals surface area contributed by atoms with E-state index in [1.54, 1.807) is 13.8 Å². The van der Waals surface area contributed by atoms with E-state index in [9.17, 15) is 9.90 Å². The molecule has 0 fully saturated rings. The average Bonchev–Trinajstić information content (AvgIpc) is 2.28. The van der Waals surface area contributed by atoms with Crippen LogP contribution in [-0.2, 0) is 4.79 Å². The lowest BCUT2D eigenvalue weighted by atomic mass is 9.94. The molecule has 13 heavy (non-hydrogen) atoms. The summed E-state index contributed by atoms with van der Waals surface area (Å²) in [6.45, 7) is 3.11. The molecule has 0 aromatic rings. The minimum atomic E-state index is -1.20. The number of hydrogen-bond acceptors (Lipinski definition) is 2. The number of allylic oxidation sites excluding steroid dienone is 1. The van der Waals surface area contributed by atoms with Crippen molar-refractivity contribution in [2.75, 3.05) is 0 Å². The van der Waals surface area contributed by atoms with Crippen molar-refractivity contribution in [2.45, 2.75) is 51.6 Å². The van der Waals surface area contributed by atoms with Gasteiger partial charge in [0.15, 0.2) is 5.78 Å². The Morgan fingerprint density at radius 1 is 1.38 bits per heavy atom. The van der Waals surface area contributed by atoms with Crippen molar-refractivity contribution >= 4 is 5.78 Å². The number of carbonyl (C=O) groups excluding carboxylic acids is 1. The van der Waals surface area contributed by atoms with Crippen molar-refractivity contribution in [3.8, 4) is 0 Å². The fourth-order valence-electron chi connectivity index (χ4n) is 1.61. The molecule has 0 spiro atoms. The highest BCUT2D eigenvalue weighted by molar-refractivity contribution is 6.01. The highest BCUT2D eigenvalue weighted by Crippen LogP contribution is 2.21. The fraction of sp³-hybridized carbons (Fsp3) is 0.727. The van der Waals surface area contributed by atoms with Gasteiger partial charge in [0.05, 0.1) is 0 Å². The third-order valence-corrected chi connectivity index (χ3v) is 2.39. The second kappa shape index (κ2) is 4.05. The van der Waals surface area contributed by atoms with Crippen LogP contribution in [0.5, 0.6) is 0 Å². The van der Waals surface area contributed by atoms with Gasteiger partial charge in [-0.25, -0.2) is 0 Å². The summed E-state index contributed by atoms with van der Waals surface area (Å²) in [6, 6.07) is 0. The largest absolute Gasteiger partial charge is 0.382 e. The Kier molecular flexibility index (Phi) is 3.26. The Bertz CT molecular complexity index is 221. The van der Waals surface area contributed by atoms with Gasteiger partial charge in [0.2, 0.25) is 0 Å². The van der Waals surface area contributed by atoms with Gasteiger partial charge in [-0.05, 0) is 45.1 Å². The normalized spacial score (nSPS) is 19.2. The zero-order chi connectivity index (χ0) is 9.90. The van der Waals surface area contributed by atoms with Crippen LogP contribution in [0.3, 0.4) is 0 Å². The molecule has 0 saturated heterocycles. The molecular weight excluding hydrogens is 164 g/mol. The lowest BCUT2D eigenvalue weighted by molar-refractivity contribution is -0.130. The van der Waals surface area contributed by atoms with Crippen LogP contribution in [0.4, 0.5) is 0 Å². The Hall–Kier alpha value is -0.630. The highest BCUT2D eigenvalue weighted by atomic mass is 16.3. The van der Waals surface area contributed by atoms with E-state index in [1.807, 2.05) is 6.08 Å². The first kappa shape index (κ1) is 10.5. The lowest BCUT2D eigenvalue weighted by Gasteiger charge is -2.17. The van der Waals surface area contributed by atoms with Crippen molar-refractivity contribution in [2.24, 2.45) is 0 Å². The van der Waals surface area contributed by atoms with Crippen LogP contribution in [0, 0.1) is 0 Å². The van der Waals surface area contributed by atoms with E-state index in [1.165, 1.54) is 12.8 Å². The lowest BCUT2D eigenvalue weighted by Crippen LogP contribution is -2.32. The summed E-state index contributed by atoms with van der Waals surface area (Å²) in [6.07, 6.45) is 7.25. The minimum absolute atomic E-state index is 0.102. The van der Waals surface area contributed by atoms with Crippen LogP contribution < -0.4 is 0 Å². The average molecular weight is 182 g/mol. The SMILES string of the molecule is CC(C)(O)C(=O)C1=CCCCCC1. The first-order valence-electron chi connectivity index (χ1n) is 4.98. The summed E-state index contributed by atoms with van der Waals surface area (Å²) in [5.41, 5.74) is -0.374. The molecule has 2 heteroatoms. The second-order valence-electron chi connectivity index (χ2n) is 4.22. The topological polar surface area (TPSA) is 37.3 Å². The van der Waals surface area contributed by atoms with Crippen LogP contribution >= 0.6 is 0 Å². The molecule has 0 unspecified atom stereocenters. The van der Waals surface area contributed by atoms with E-state index in [4.69, 9.17) is 0 Å². The number of rotatable bonds is 2. The van der Waals surface area contributed by atoms with Crippen LogP contribution in [0.15, 0.2) is 11.6 Å². The Balaban J connectivity index is 2.69. The van der Waals surface area contributed by atoms with Crippen LogP contribution in [0.2, 0.25) is 0 Å². The van der Waals surface area contributed by atoms with E-state index in [-0.39, 0.29) is 5.78 Å². The molecule has 1 aliphatic carbocycles. The molecule has 0 aromatic heterocycles. The first-order valence-corrected chi connectivity index (χ1v) is 4.98. The van der Waals surface area contributed by atoms with Crippen LogP contribution in [-0.4, -0.2) is 16.5 Å². The van der Waals surface area contributed by atoms with E-state index < -0.39 is 5.60 Å². The van der Waals surface area contributed by atoms with E-state index in [0.29, 0.717) is 0 Å². The molecule has 1 N–H and O–H groups in total. The maximum absolute atomic E-state index is 11.7. The summed E-state index contributed by atoms with van der Waals surface area (Å²) >= 11 is 0.